The largest absolute Gasteiger partial charge is 0.368 e. The Morgan fingerprint density at radius 3 is 2.71 bits per heavy atom. The van der Waals surface area contributed by atoms with Gasteiger partial charge in [-0.1, -0.05) is 12.1 Å². The van der Waals surface area contributed by atoms with Crippen LogP contribution in [0.1, 0.15) is 13.3 Å². The highest BCUT2D eigenvalue weighted by Crippen LogP contribution is 2.28. The lowest BCUT2D eigenvalue weighted by molar-refractivity contribution is -0.123. The molecule has 94 valence electrons. The van der Waals surface area contributed by atoms with Gasteiger partial charge < -0.3 is 11.1 Å². The molecule has 0 saturated heterocycles. The molecule has 0 aliphatic heterocycles. The van der Waals surface area contributed by atoms with Gasteiger partial charge in [0.1, 0.15) is 0 Å². The predicted octanol–water partition coefficient (Wildman–Crippen LogP) is 2.39. The summed E-state index contributed by atoms with van der Waals surface area (Å²) in [6.45, 7) is 1.83. The zero-order valence-corrected chi connectivity index (χ0v) is 12.4. The van der Waals surface area contributed by atoms with E-state index in [9.17, 15) is 4.79 Å². The summed E-state index contributed by atoms with van der Waals surface area (Å²) in [6.07, 6.45) is 0.699. The first kappa shape index (κ1) is 14.5. The Balaban J connectivity index is 2.53. The fourth-order valence-corrected chi connectivity index (χ4v) is 3.04. The molecule has 0 bridgehead atoms. The van der Waals surface area contributed by atoms with Crippen molar-refractivity contribution in [2.75, 3.05) is 12.8 Å². The van der Waals surface area contributed by atoms with Gasteiger partial charge in [-0.2, -0.15) is 0 Å². The van der Waals surface area contributed by atoms with Gasteiger partial charge in [0.25, 0.3) is 0 Å². The monoisotopic (exact) mass is 316 g/mol. The van der Waals surface area contributed by atoms with Gasteiger partial charge in [0.05, 0.1) is 5.54 Å². The van der Waals surface area contributed by atoms with Gasteiger partial charge in [-0.15, -0.1) is 11.8 Å². The molecule has 0 radical (unpaired) electrons. The molecule has 1 unspecified atom stereocenters. The molecule has 0 spiro atoms. The first-order valence-electron chi connectivity index (χ1n) is 5.36. The van der Waals surface area contributed by atoms with Crippen molar-refractivity contribution in [3.05, 3.63) is 28.7 Å². The molecule has 1 aromatic carbocycles. The number of primary amides is 1. The van der Waals surface area contributed by atoms with Gasteiger partial charge in [0.15, 0.2) is 0 Å². The zero-order chi connectivity index (χ0) is 12.9. The minimum atomic E-state index is -0.631. The van der Waals surface area contributed by atoms with Crippen LogP contribution in [0.5, 0.6) is 0 Å². The smallest absolute Gasteiger partial charge is 0.237 e. The molecule has 1 atom stereocenters. The second-order valence-corrected chi connectivity index (χ2v) is 5.97. The number of thioether (sulfide) groups is 1. The van der Waals surface area contributed by atoms with Crippen LogP contribution in [0.25, 0.3) is 0 Å². The minimum Gasteiger partial charge on any atom is -0.368 e. The normalized spacial score (nSPS) is 14.3. The fourth-order valence-electron chi connectivity index (χ4n) is 1.30. The maximum atomic E-state index is 11.3. The van der Waals surface area contributed by atoms with E-state index in [1.165, 1.54) is 4.90 Å². The van der Waals surface area contributed by atoms with E-state index in [0.29, 0.717) is 6.42 Å². The Morgan fingerprint density at radius 2 is 2.18 bits per heavy atom. The number of rotatable bonds is 6. The molecule has 17 heavy (non-hydrogen) atoms. The maximum Gasteiger partial charge on any atom is 0.237 e. The van der Waals surface area contributed by atoms with Gasteiger partial charge in [0.2, 0.25) is 5.91 Å². The van der Waals surface area contributed by atoms with E-state index in [4.69, 9.17) is 5.73 Å². The number of hydrogen-bond acceptors (Lipinski definition) is 3. The van der Waals surface area contributed by atoms with Crippen LogP contribution in [0.15, 0.2) is 33.6 Å². The molecule has 5 heteroatoms. The van der Waals surface area contributed by atoms with E-state index in [-0.39, 0.29) is 5.91 Å². The highest BCUT2D eigenvalue weighted by atomic mass is 79.9. The predicted molar refractivity (Wildman–Crippen MR) is 76.1 cm³/mol. The summed E-state index contributed by atoms with van der Waals surface area (Å²) < 4.78 is 1.08. The molecule has 0 saturated carbocycles. The van der Waals surface area contributed by atoms with Crippen LogP contribution in [0.2, 0.25) is 0 Å². The number of hydrogen-bond donors (Lipinski definition) is 2. The molecular formula is C12H17BrN2OS. The van der Waals surface area contributed by atoms with Crippen molar-refractivity contribution in [1.82, 2.24) is 5.32 Å². The van der Waals surface area contributed by atoms with Crippen molar-refractivity contribution in [2.24, 2.45) is 5.73 Å². The Labute approximate surface area is 115 Å². The standard InChI is InChI=1S/C12H17BrN2OS/c1-12(15-2,11(14)16)7-8-17-10-6-4-3-5-9(10)13/h3-6,15H,7-8H2,1-2H3,(H2,14,16). The molecule has 1 amide bonds. The van der Waals surface area contributed by atoms with Crippen LogP contribution in [0, 0.1) is 0 Å². The van der Waals surface area contributed by atoms with Gasteiger partial charge in [0, 0.05) is 15.1 Å². The van der Waals surface area contributed by atoms with Crippen molar-refractivity contribution in [3.63, 3.8) is 0 Å². The molecule has 0 aromatic heterocycles. The second kappa shape index (κ2) is 6.42. The average Bonchev–Trinajstić information content (AvgIpc) is 2.31. The lowest BCUT2D eigenvalue weighted by atomic mass is 9.99. The first-order chi connectivity index (χ1) is 7.99. The van der Waals surface area contributed by atoms with Gasteiger partial charge in [-0.25, -0.2) is 0 Å². The lowest BCUT2D eigenvalue weighted by Crippen LogP contribution is -2.51. The summed E-state index contributed by atoms with van der Waals surface area (Å²) in [6, 6.07) is 8.04. The third kappa shape index (κ3) is 4.01. The number of nitrogens with one attached hydrogen (secondary N) is 1. The zero-order valence-electron chi connectivity index (χ0n) is 10.00. The second-order valence-electron chi connectivity index (χ2n) is 3.98. The van der Waals surface area contributed by atoms with E-state index in [2.05, 4.69) is 27.3 Å². The van der Waals surface area contributed by atoms with E-state index >= 15 is 0 Å². The average molecular weight is 317 g/mol. The Bertz CT molecular complexity index is 400. The summed E-state index contributed by atoms with van der Waals surface area (Å²) in [5.74, 6) is 0.524. The number of likely N-dealkylation sites (N-methyl/N-ethyl adjacent to an activating group) is 1. The van der Waals surface area contributed by atoms with Crippen LogP contribution >= 0.6 is 27.7 Å². The molecule has 3 nitrogen and oxygen atoms in total. The molecule has 0 aliphatic rings. The topological polar surface area (TPSA) is 55.1 Å². The van der Waals surface area contributed by atoms with Crippen molar-refractivity contribution in [2.45, 2.75) is 23.8 Å². The molecule has 1 rings (SSSR count). The van der Waals surface area contributed by atoms with Crippen molar-refractivity contribution < 1.29 is 4.79 Å². The van der Waals surface area contributed by atoms with Crippen molar-refractivity contribution >= 4 is 33.6 Å². The lowest BCUT2D eigenvalue weighted by Gasteiger charge is -2.25. The van der Waals surface area contributed by atoms with Crippen LogP contribution in [0.3, 0.4) is 0 Å². The number of carbonyl (C=O) groups is 1. The van der Waals surface area contributed by atoms with Crippen molar-refractivity contribution in [3.8, 4) is 0 Å². The van der Waals surface area contributed by atoms with Gasteiger partial charge >= 0.3 is 0 Å². The molecular weight excluding hydrogens is 300 g/mol. The highest BCUT2D eigenvalue weighted by molar-refractivity contribution is 9.10. The third-order valence-corrected chi connectivity index (χ3v) is 4.82. The van der Waals surface area contributed by atoms with E-state index in [1.54, 1.807) is 18.8 Å². The molecule has 1 aromatic rings. The van der Waals surface area contributed by atoms with Crippen LogP contribution in [0.4, 0.5) is 0 Å². The van der Waals surface area contributed by atoms with E-state index in [0.717, 1.165) is 10.2 Å². The Morgan fingerprint density at radius 1 is 1.53 bits per heavy atom. The number of nitrogens with two attached hydrogens (primary N) is 1. The summed E-state index contributed by atoms with van der Waals surface area (Å²) in [5, 5.41) is 2.98. The highest BCUT2D eigenvalue weighted by Gasteiger charge is 2.28. The quantitative estimate of drug-likeness (QED) is 0.792. The van der Waals surface area contributed by atoms with Crippen molar-refractivity contribution in [1.29, 1.82) is 0 Å². The summed E-state index contributed by atoms with van der Waals surface area (Å²) in [5.41, 5.74) is 4.74. The molecule has 0 aliphatic carbocycles. The maximum absolute atomic E-state index is 11.3. The minimum absolute atomic E-state index is 0.312. The number of halogens is 1. The Kier molecular flexibility index (Phi) is 5.49. The first-order valence-corrected chi connectivity index (χ1v) is 7.13. The van der Waals surface area contributed by atoms with E-state index in [1.807, 2.05) is 25.1 Å². The van der Waals surface area contributed by atoms with E-state index < -0.39 is 5.54 Å². The number of benzene rings is 1. The number of amides is 1. The summed E-state index contributed by atoms with van der Waals surface area (Å²) in [4.78, 5) is 12.5. The molecule has 0 heterocycles. The summed E-state index contributed by atoms with van der Waals surface area (Å²) in [7, 11) is 1.76. The van der Waals surface area contributed by atoms with Gasteiger partial charge in [-0.3, -0.25) is 4.79 Å². The third-order valence-electron chi connectivity index (χ3n) is 2.79. The Hall–Kier alpha value is -0.520. The van der Waals surface area contributed by atoms with Gasteiger partial charge in [-0.05, 0) is 48.5 Å². The molecule has 3 N–H and O–H groups in total. The summed E-state index contributed by atoms with van der Waals surface area (Å²) >= 11 is 5.21. The molecule has 0 fully saturated rings. The van der Waals surface area contributed by atoms with Crippen LogP contribution in [-0.4, -0.2) is 24.2 Å². The SMILES string of the molecule is CNC(C)(CCSc1ccccc1Br)C(N)=O. The number of carbonyl (C=O) groups excluding carboxylic acids is 1. The van der Waals surface area contributed by atoms with Crippen LogP contribution in [-0.2, 0) is 4.79 Å². The fraction of sp³-hybridized carbons (Fsp3) is 0.417. The van der Waals surface area contributed by atoms with Crippen LogP contribution < -0.4 is 11.1 Å².